The van der Waals surface area contributed by atoms with Gasteiger partial charge >= 0.3 is 0 Å². The number of nitrogens with zero attached hydrogens (tertiary/aromatic N) is 4. The maximum absolute atomic E-state index is 6.47. The number of fused-ring (bicyclic) bond motifs is 14. The van der Waals surface area contributed by atoms with E-state index in [1.165, 1.54) is 0 Å². The van der Waals surface area contributed by atoms with E-state index >= 15 is 0 Å². The average Bonchev–Trinajstić information content (AvgIpc) is 3.11. The first-order chi connectivity index (χ1) is 23.5. The van der Waals surface area contributed by atoms with Crippen molar-refractivity contribution in [3.05, 3.63) is 142 Å². The molecule has 48 heavy (non-hydrogen) atoms. The molecule has 4 heterocycles. The molecule has 0 aliphatic heterocycles. The topological polar surface area (TPSA) is 51.6 Å². The molecule has 10 aromatic rings. The molecule has 0 bridgehead atoms. The van der Waals surface area contributed by atoms with Crippen LogP contribution in [0.4, 0.5) is 0 Å². The molecular weight excluding hydrogens is 678 g/mol. The molecule has 0 saturated carbocycles. The second-order valence-electron chi connectivity index (χ2n) is 11.5. The second kappa shape index (κ2) is 11.4. The lowest BCUT2D eigenvalue weighted by Gasteiger charge is -2.12. The lowest BCUT2D eigenvalue weighted by molar-refractivity contribution is 1.43. The van der Waals surface area contributed by atoms with Crippen molar-refractivity contribution >= 4 is 133 Å². The van der Waals surface area contributed by atoms with Crippen LogP contribution >= 0.6 is 46.4 Å². The molecule has 0 amide bonds. The van der Waals surface area contributed by atoms with E-state index in [0.29, 0.717) is 20.6 Å². The van der Waals surface area contributed by atoms with Gasteiger partial charge in [-0.15, -0.1) is 0 Å². The third-order valence-electron chi connectivity index (χ3n) is 8.87. The van der Waals surface area contributed by atoms with Crippen molar-refractivity contribution in [1.82, 2.24) is 19.9 Å². The van der Waals surface area contributed by atoms with Crippen molar-refractivity contribution in [3.63, 3.8) is 0 Å². The summed E-state index contributed by atoms with van der Waals surface area (Å²) in [4.78, 5) is 18.1. The summed E-state index contributed by atoms with van der Waals surface area (Å²) >= 11 is 25.9. The fraction of sp³-hybridized carbons (Fsp3) is 0. The second-order valence-corrected chi connectivity index (χ2v) is 12.9. The molecular formula is C40H20Cl4N4. The highest BCUT2D eigenvalue weighted by molar-refractivity contribution is 6.43. The Bertz CT molecular complexity index is 2560. The highest BCUT2D eigenvalue weighted by atomic mass is 35.5. The third-order valence-corrected chi connectivity index (χ3v) is 10.0. The van der Waals surface area contributed by atoms with E-state index in [1.54, 1.807) is 0 Å². The molecule has 0 aliphatic rings. The maximum Gasteiger partial charge on any atom is 0.137 e. The van der Waals surface area contributed by atoms with Crippen molar-refractivity contribution in [2.75, 3.05) is 0 Å². The molecule has 0 aliphatic carbocycles. The molecule has 228 valence electrons. The molecule has 10 rings (SSSR count). The van der Waals surface area contributed by atoms with Crippen LogP contribution in [0, 0.1) is 0 Å². The van der Waals surface area contributed by atoms with Gasteiger partial charge in [-0.1, -0.05) is 143 Å². The van der Waals surface area contributed by atoms with Crippen LogP contribution in [0.2, 0.25) is 20.6 Å². The third kappa shape index (κ3) is 4.52. The van der Waals surface area contributed by atoms with E-state index in [4.69, 9.17) is 46.4 Å². The number of hydrogen-bond acceptors (Lipinski definition) is 4. The monoisotopic (exact) mass is 696 g/mol. The van der Waals surface area contributed by atoms with Crippen LogP contribution < -0.4 is 0 Å². The molecule has 0 N–H and O–H groups in total. The van der Waals surface area contributed by atoms with Gasteiger partial charge in [0.05, 0.1) is 22.1 Å². The van der Waals surface area contributed by atoms with Gasteiger partial charge < -0.3 is 0 Å². The quantitative estimate of drug-likeness (QED) is 0.117. The fourth-order valence-electron chi connectivity index (χ4n) is 6.81. The van der Waals surface area contributed by atoms with Gasteiger partial charge in [0.2, 0.25) is 0 Å². The number of hydrogen-bond donors (Lipinski definition) is 0. The number of para-hydroxylation sites is 4. The number of benzene rings is 6. The highest BCUT2D eigenvalue weighted by Gasteiger charge is 2.16. The first kappa shape index (κ1) is 29.3. The van der Waals surface area contributed by atoms with Gasteiger partial charge in [0.25, 0.3) is 0 Å². The average molecular weight is 698 g/mol. The molecule has 8 heteroatoms. The predicted octanol–water partition coefficient (Wildman–Crippen LogP) is 12.8. The predicted molar refractivity (Wildman–Crippen MR) is 204 cm³/mol. The summed E-state index contributed by atoms with van der Waals surface area (Å²) < 4.78 is 0. The standard InChI is InChI=1S/2C20H10Cl2N2/c2*21-19-13-9-10-14-18(12-6-2-4-8-16(12)24-20(14)22)17(13)11-5-1-3-7-15(11)23-19/h2*1-10H. The largest absolute Gasteiger partial charge is 0.235 e. The minimum absolute atomic E-state index is 0.502. The number of rotatable bonds is 0. The van der Waals surface area contributed by atoms with Crippen LogP contribution in [0.15, 0.2) is 121 Å². The van der Waals surface area contributed by atoms with Crippen LogP contribution in [0.5, 0.6) is 0 Å². The van der Waals surface area contributed by atoms with Gasteiger partial charge in [0, 0.05) is 64.6 Å². The van der Waals surface area contributed by atoms with Crippen molar-refractivity contribution in [2.45, 2.75) is 0 Å². The summed E-state index contributed by atoms with van der Waals surface area (Å²) in [7, 11) is 0. The van der Waals surface area contributed by atoms with Crippen LogP contribution in [-0.4, -0.2) is 19.9 Å². The van der Waals surface area contributed by atoms with Crippen molar-refractivity contribution in [1.29, 1.82) is 0 Å². The molecule has 0 unspecified atom stereocenters. The summed E-state index contributed by atoms with van der Waals surface area (Å²) in [5.74, 6) is 0. The lowest BCUT2D eigenvalue weighted by atomic mass is 9.97. The molecule has 4 aromatic heterocycles. The van der Waals surface area contributed by atoms with Gasteiger partial charge in [-0.25, -0.2) is 19.9 Å². The number of halogens is 4. The molecule has 0 radical (unpaired) electrons. The Hall–Kier alpha value is -4.84. The Balaban J connectivity index is 0.000000131. The van der Waals surface area contributed by atoms with Gasteiger partial charge in [-0.2, -0.15) is 0 Å². The van der Waals surface area contributed by atoms with E-state index in [-0.39, 0.29) is 0 Å². The Morgan fingerprint density at radius 2 is 0.458 bits per heavy atom. The molecule has 0 fully saturated rings. The van der Waals surface area contributed by atoms with Crippen molar-refractivity contribution < 1.29 is 0 Å². The maximum atomic E-state index is 6.47. The van der Waals surface area contributed by atoms with Crippen LogP contribution in [0.1, 0.15) is 0 Å². The summed E-state index contributed by atoms with van der Waals surface area (Å²) in [6, 6.07) is 40.0. The minimum atomic E-state index is 0.502. The summed E-state index contributed by atoms with van der Waals surface area (Å²) in [6.07, 6.45) is 0. The zero-order chi connectivity index (χ0) is 32.5. The lowest BCUT2D eigenvalue weighted by Crippen LogP contribution is -1.90. The Morgan fingerprint density at radius 1 is 0.250 bits per heavy atom. The molecule has 0 saturated heterocycles. The normalized spacial score (nSPS) is 11.8. The van der Waals surface area contributed by atoms with Gasteiger partial charge in [-0.3, -0.25) is 0 Å². The summed E-state index contributed by atoms with van der Waals surface area (Å²) in [5.41, 5.74) is 3.50. The van der Waals surface area contributed by atoms with Gasteiger partial charge in [-0.05, 0) is 24.3 Å². The zero-order valence-electron chi connectivity index (χ0n) is 24.8. The summed E-state index contributed by atoms with van der Waals surface area (Å²) in [6.45, 7) is 0. The number of aromatic nitrogens is 4. The van der Waals surface area contributed by atoms with Crippen LogP contribution in [0.25, 0.3) is 86.7 Å². The minimum Gasteiger partial charge on any atom is -0.235 e. The smallest absolute Gasteiger partial charge is 0.137 e. The van der Waals surface area contributed by atoms with E-state index < -0.39 is 0 Å². The fourth-order valence-corrected chi connectivity index (χ4v) is 7.80. The molecule has 0 spiro atoms. The van der Waals surface area contributed by atoms with E-state index in [1.807, 2.05) is 97.1 Å². The van der Waals surface area contributed by atoms with E-state index in [9.17, 15) is 0 Å². The Kier molecular flexibility index (Phi) is 6.96. The molecule has 0 atom stereocenters. The van der Waals surface area contributed by atoms with E-state index in [0.717, 1.165) is 86.7 Å². The first-order valence-electron chi connectivity index (χ1n) is 15.2. The molecule has 6 aromatic carbocycles. The van der Waals surface area contributed by atoms with Crippen molar-refractivity contribution in [3.8, 4) is 0 Å². The first-order valence-corrected chi connectivity index (χ1v) is 16.7. The highest BCUT2D eigenvalue weighted by Crippen LogP contribution is 2.41. The summed E-state index contributed by atoms with van der Waals surface area (Å²) in [5, 5.41) is 14.3. The zero-order valence-corrected chi connectivity index (χ0v) is 27.9. The Labute approximate surface area is 293 Å². The van der Waals surface area contributed by atoms with E-state index in [2.05, 4.69) is 44.2 Å². The molecule has 4 nitrogen and oxygen atoms in total. The van der Waals surface area contributed by atoms with Crippen LogP contribution in [-0.2, 0) is 0 Å². The van der Waals surface area contributed by atoms with Crippen molar-refractivity contribution in [2.24, 2.45) is 0 Å². The van der Waals surface area contributed by atoms with Gasteiger partial charge in [0.15, 0.2) is 0 Å². The van der Waals surface area contributed by atoms with Gasteiger partial charge in [0.1, 0.15) is 20.6 Å². The van der Waals surface area contributed by atoms with Crippen LogP contribution in [0.3, 0.4) is 0 Å². The SMILES string of the molecule is Clc1nc2ccccc2c2c1ccc1c(Cl)nc3ccccc3c12.Clc1nc2ccccc2c2c1ccc1c(Cl)nc3ccccc3c12. The number of pyridine rings is 4. The Morgan fingerprint density at radius 3 is 0.688 bits per heavy atom.